The molecule has 0 fully saturated rings. The Hall–Kier alpha value is -2.56. The van der Waals surface area contributed by atoms with E-state index in [0.717, 1.165) is 17.2 Å². The lowest BCUT2D eigenvalue weighted by Crippen LogP contribution is -2.10. The number of hydrogen-bond donors (Lipinski definition) is 0. The molecule has 1 heterocycles. The highest BCUT2D eigenvalue weighted by molar-refractivity contribution is 6.11. The lowest BCUT2D eigenvalue weighted by atomic mass is 10.2. The van der Waals surface area contributed by atoms with Crippen molar-refractivity contribution in [1.82, 2.24) is 4.57 Å². The van der Waals surface area contributed by atoms with E-state index in [1.54, 1.807) is 22.9 Å². The minimum atomic E-state index is -0.518. The number of aromatic nitrogens is 1. The Bertz CT molecular complexity index is 655. The van der Waals surface area contributed by atoms with E-state index in [1.165, 1.54) is 20.5 Å². The molecule has 0 amide bonds. The summed E-state index contributed by atoms with van der Waals surface area (Å²) in [4.78, 5) is 22.6. The third-order valence-corrected chi connectivity index (χ3v) is 2.74. The van der Waals surface area contributed by atoms with Crippen LogP contribution in [0.3, 0.4) is 0 Å². The van der Waals surface area contributed by atoms with Crippen molar-refractivity contribution in [3.8, 4) is 0 Å². The first-order valence-corrected chi connectivity index (χ1v) is 5.59. The molecule has 98 valence electrons. The Labute approximate surface area is 110 Å². The Morgan fingerprint density at radius 2 is 2.05 bits per heavy atom. The summed E-state index contributed by atoms with van der Waals surface area (Å²) in [6.45, 7) is 0. The molecule has 0 bridgehead atoms. The molecule has 0 saturated carbocycles. The smallest absolute Gasteiger partial charge is 0.358 e. The standard InChI is InChI=1S/C14H13NO4/c1-18-9-13(14(17)19-2)15-6-5-11-4-3-10(8-16)7-12(11)15/h3-9H,1-2H3/b13-9-. The Balaban J connectivity index is 2.63. The van der Waals surface area contributed by atoms with Crippen LogP contribution in [0.4, 0.5) is 0 Å². The van der Waals surface area contributed by atoms with Gasteiger partial charge in [-0.05, 0) is 17.5 Å². The fourth-order valence-corrected chi connectivity index (χ4v) is 1.85. The van der Waals surface area contributed by atoms with Gasteiger partial charge in [0.2, 0.25) is 0 Å². The van der Waals surface area contributed by atoms with Gasteiger partial charge < -0.3 is 14.0 Å². The summed E-state index contributed by atoms with van der Waals surface area (Å²) in [6.07, 6.45) is 3.79. The number of benzene rings is 1. The molecule has 0 radical (unpaired) electrons. The Kier molecular flexibility index (Phi) is 3.66. The van der Waals surface area contributed by atoms with Crippen molar-refractivity contribution in [2.24, 2.45) is 0 Å². The fraction of sp³-hybridized carbons (Fsp3) is 0.143. The second kappa shape index (κ2) is 5.39. The zero-order valence-corrected chi connectivity index (χ0v) is 10.6. The van der Waals surface area contributed by atoms with E-state index in [2.05, 4.69) is 0 Å². The number of methoxy groups -OCH3 is 2. The van der Waals surface area contributed by atoms with E-state index >= 15 is 0 Å². The molecule has 0 aliphatic carbocycles. The van der Waals surface area contributed by atoms with Gasteiger partial charge in [0.15, 0.2) is 5.70 Å². The number of fused-ring (bicyclic) bond motifs is 1. The zero-order chi connectivity index (χ0) is 13.8. The predicted octanol–water partition coefficient (Wildman–Crippen LogP) is 2.07. The largest absolute Gasteiger partial charge is 0.502 e. The molecular weight excluding hydrogens is 246 g/mol. The van der Waals surface area contributed by atoms with Gasteiger partial charge in [-0.1, -0.05) is 12.1 Å². The summed E-state index contributed by atoms with van der Waals surface area (Å²) < 4.78 is 11.2. The maximum absolute atomic E-state index is 11.7. The van der Waals surface area contributed by atoms with Crippen LogP contribution in [0, 0.1) is 0 Å². The molecule has 1 aromatic heterocycles. The number of esters is 1. The van der Waals surface area contributed by atoms with Crippen LogP contribution in [-0.4, -0.2) is 31.0 Å². The molecule has 19 heavy (non-hydrogen) atoms. The zero-order valence-electron chi connectivity index (χ0n) is 10.6. The molecule has 5 heteroatoms. The molecule has 0 aliphatic heterocycles. The molecule has 0 atom stereocenters. The molecule has 0 N–H and O–H groups in total. The molecule has 0 spiro atoms. The number of carbonyl (C=O) groups excluding carboxylic acids is 2. The molecule has 0 aliphatic rings. The van der Waals surface area contributed by atoms with Crippen molar-refractivity contribution in [2.75, 3.05) is 14.2 Å². The third-order valence-electron chi connectivity index (χ3n) is 2.74. The maximum Gasteiger partial charge on any atom is 0.358 e. The predicted molar refractivity (Wildman–Crippen MR) is 70.6 cm³/mol. The van der Waals surface area contributed by atoms with Gasteiger partial charge >= 0.3 is 5.97 Å². The van der Waals surface area contributed by atoms with E-state index in [9.17, 15) is 9.59 Å². The summed E-state index contributed by atoms with van der Waals surface area (Å²) in [5.74, 6) is -0.518. The van der Waals surface area contributed by atoms with Gasteiger partial charge in [-0.25, -0.2) is 4.79 Å². The summed E-state index contributed by atoms with van der Waals surface area (Å²) >= 11 is 0. The molecule has 1 aromatic carbocycles. The average molecular weight is 259 g/mol. The van der Waals surface area contributed by atoms with Crippen molar-refractivity contribution >= 4 is 28.9 Å². The van der Waals surface area contributed by atoms with Gasteiger partial charge in [0.05, 0.1) is 19.7 Å². The van der Waals surface area contributed by atoms with Gasteiger partial charge in [0, 0.05) is 11.8 Å². The normalized spacial score (nSPS) is 11.4. The SMILES string of the molecule is CO/C=C(/C(=O)OC)n1ccc2ccc(C=O)cc21. The minimum absolute atomic E-state index is 0.239. The van der Waals surface area contributed by atoms with E-state index in [0.29, 0.717) is 5.56 Å². The van der Waals surface area contributed by atoms with Crippen LogP contribution in [-0.2, 0) is 14.3 Å². The lowest BCUT2D eigenvalue weighted by molar-refractivity contribution is -0.134. The first-order valence-electron chi connectivity index (χ1n) is 5.59. The first kappa shape index (κ1) is 12.9. The average Bonchev–Trinajstić information content (AvgIpc) is 2.86. The van der Waals surface area contributed by atoms with Crippen LogP contribution < -0.4 is 0 Å². The van der Waals surface area contributed by atoms with Gasteiger partial charge in [0.1, 0.15) is 12.5 Å². The number of rotatable bonds is 4. The maximum atomic E-state index is 11.7. The molecular formula is C14H13NO4. The molecule has 0 saturated heterocycles. The molecule has 2 aromatic rings. The van der Waals surface area contributed by atoms with Crippen molar-refractivity contribution in [3.63, 3.8) is 0 Å². The number of carbonyl (C=O) groups is 2. The second-order valence-corrected chi connectivity index (χ2v) is 3.85. The third kappa shape index (κ3) is 2.35. The van der Waals surface area contributed by atoms with Crippen LogP contribution in [0.5, 0.6) is 0 Å². The highest BCUT2D eigenvalue weighted by Gasteiger charge is 2.15. The highest BCUT2D eigenvalue weighted by Crippen LogP contribution is 2.21. The van der Waals surface area contributed by atoms with E-state index < -0.39 is 5.97 Å². The van der Waals surface area contributed by atoms with Crippen LogP contribution in [0.15, 0.2) is 36.7 Å². The van der Waals surface area contributed by atoms with Gasteiger partial charge in [-0.3, -0.25) is 4.79 Å². The van der Waals surface area contributed by atoms with Crippen LogP contribution in [0.25, 0.3) is 16.6 Å². The van der Waals surface area contributed by atoms with Crippen molar-refractivity contribution in [1.29, 1.82) is 0 Å². The van der Waals surface area contributed by atoms with Crippen LogP contribution in [0.1, 0.15) is 10.4 Å². The van der Waals surface area contributed by atoms with Gasteiger partial charge in [-0.15, -0.1) is 0 Å². The Morgan fingerprint density at radius 3 is 2.68 bits per heavy atom. The number of hydrogen-bond acceptors (Lipinski definition) is 4. The molecule has 2 rings (SSSR count). The van der Waals surface area contributed by atoms with Crippen LogP contribution >= 0.6 is 0 Å². The highest BCUT2D eigenvalue weighted by atomic mass is 16.5. The summed E-state index contributed by atoms with van der Waals surface area (Å²) in [7, 11) is 2.75. The number of ether oxygens (including phenoxy) is 2. The minimum Gasteiger partial charge on any atom is -0.502 e. The van der Waals surface area contributed by atoms with Gasteiger partial charge in [-0.2, -0.15) is 0 Å². The number of aldehydes is 1. The van der Waals surface area contributed by atoms with E-state index in [4.69, 9.17) is 9.47 Å². The molecule has 5 nitrogen and oxygen atoms in total. The second-order valence-electron chi connectivity index (χ2n) is 3.85. The lowest BCUT2D eigenvalue weighted by Gasteiger charge is -2.08. The topological polar surface area (TPSA) is 57.5 Å². The number of nitrogens with zero attached hydrogens (tertiary/aromatic N) is 1. The van der Waals surface area contributed by atoms with E-state index in [1.807, 2.05) is 12.1 Å². The van der Waals surface area contributed by atoms with Crippen molar-refractivity contribution in [2.45, 2.75) is 0 Å². The first-order chi connectivity index (χ1) is 9.21. The monoisotopic (exact) mass is 259 g/mol. The summed E-state index contributed by atoms with van der Waals surface area (Å²) in [5.41, 5.74) is 1.51. The molecule has 0 unspecified atom stereocenters. The fourth-order valence-electron chi connectivity index (χ4n) is 1.85. The Morgan fingerprint density at radius 1 is 1.26 bits per heavy atom. The quantitative estimate of drug-likeness (QED) is 0.365. The van der Waals surface area contributed by atoms with Gasteiger partial charge in [0.25, 0.3) is 0 Å². The van der Waals surface area contributed by atoms with Crippen molar-refractivity contribution in [3.05, 3.63) is 42.3 Å². The van der Waals surface area contributed by atoms with Crippen LogP contribution in [0.2, 0.25) is 0 Å². The summed E-state index contributed by atoms with van der Waals surface area (Å²) in [6, 6.07) is 7.08. The summed E-state index contributed by atoms with van der Waals surface area (Å²) in [5, 5.41) is 0.913. The van der Waals surface area contributed by atoms with E-state index in [-0.39, 0.29) is 5.70 Å². The van der Waals surface area contributed by atoms with Crippen molar-refractivity contribution < 1.29 is 19.1 Å².